The highest BCUT2D eigenvalue weighted by atomic mass is 35.5. The third-order valence-corrected chi connectivity index (χ3v) is 5.66. The average Bonchev–Trinajstić information content (AvgIpc) is 3.41. The SMILES string of the molecule is CC(=O)OC[C@H]1O[C@@H](n2cnc3c(NC(=O)Nc4ccccc4Cl)ncnc32)[C@H](OC(C)=O)[C@@H]1OC(C)=O. The number of anilines is 2. The highest BCUT2D eigenvalue weighted by molar-refractivity contribution is 6.33. The maximum absolute atomic E-state index is 12.6. The number of nitrogens with zero attached hydrogens (tertiary/aromatic N) is 4. The number of hydrogen-bond donors (Lipinski definition) is 2. The molecule has 14 nitrogen and oxygen atoms in total. The molecule has 0 spiro atoms. The first-order valence-electron chi connectivity index (χ1n) is 11.3. The van der Waals surface area contributed by atoms with Gasteiger partial charge in [-0.1, -0.05) is 23.7 Å². The first kappa shape index (κ1) is 26.8. The molecule has 1 aromatic carbocycles. The van der Waals surface area contributed by atoms with Gasteiger partial charge in [0.2, 0.25) is 0 Å². The van der Waals surface area contributed by atoms with Crippen molar-refractivity contribution in [1.29, 1.82) is 0 Å². The number of amides is 2. The van der Waals surface area contributed by atoms with Crippen molar-refractivity contribution in [2.45, 2.75) is 45.3 Å². The lowest BCUT2D eigenvalue weighted by molar-refractivity contribution is -0.166. The van der Waals surface area contributed by atoms with Crippen molar-refractivity contribution >= 4 is 58.2 Å². The summed E-state index contributed by atoms with van der Waals surface area (Å²) in [4.78, 5) is 60.3. The lowest BCUT2D eigenvalue weighted by Crippen LogP contribution is -2.40. The summed E-state index contributed by atoms with van der Waals surface area (Å²) in [6.45, 7) is 3.33. The van der Waals surface area contributed by atoms with Crippen LogP contribution < -0.4 is 10.6 Å². The quantitative estimate of drug-likeness (QED) is 0.329. The zero-order valence-electron chi connectivity index (χ0n) is 20.4. The Balaban J connectivity index is 1.64. The second-order valence-electron chi connectivity index (χ2n) is 8.12. The Bertz CT molecular complexity index is 1380. The van der Waals surface area contributed by atoms with Crippen LogP contribution in [0.3, 0.4) is 0 Å². The molecular weight excluding hydrogens is 524 g/mol. The smallest absolute Gasteiger partial charge is 0.324 e. The van der Waals surface area contributed by atoms with Crippen molar-refractivity contribution < 1.29 is 38.1 Å². The topological polar surface area (TPSA) is 173 Å². The van der Waals surface area contributed by atoms with Crippen molar-refractivity contribution in [2.75, 3.05) is 17.2 Å². The summed E-state index contributed by atoms with van der Waals surface area (Å²) in [5.74, 6) is -1.81. The zero-order valence-corrected chi connectivity index (χ0v) is 21.2. The average molecular weight is 547 g/mol. The van der Waals surface area contributed by atoms with Crippen LogP contribution in [0.4, 0.5) is 16.3 Å². The van der Waals surface area contributed by atoms with Gasteiger partial charge in [-0.15, -0.1) is 0 Å². The highest BCUT2D eigenvalue weighted by Crippen LogP contribution is 2.36. The third-order valence-electron chi connectivity index (χ3n) is 5.33. The third kappa shape index (κ3) is 5.98. The number of rotatable bonds is 7. The maximum Gasteiger partial charge on any atom is 0.324 e. The molecule has 0 saturated carbocycles. The van der Waals surface area contributed by atoms with E-state index in [9.17, 15) is 19.2 Å². The lowest BCUT2D eigenvalue weighted by atomic mass is 10.1. The zero-order chi connectivity index (χ0) is 27.4. The standard InChI is InChI=1S/C23H23ClN6O8/c1-11(31)35-8-16-18(36-12(2)32)19(37-13(3)33)22(38-16)30-10-27-17-20(25-9-26-21(17)30)29-23(34)28-15-7-5-4-6-14(15)24/h4-7,9-10,16,18-19,22H,8H2,1-3H3,(H2,25,26,28,29,34)/t16-,18-,19-,22-/m1/s1. The second kappa shape index (κ2) is 11.4. The summed E-state index contributed by atoms with van der Waals surface area (Å²) < 4.78 is 23.3. The van der Waals surface area contributed by atoms with Gasteiger partial charge in [-0.3, -0.25) is 24.3 Å². The molecule has 3 heterocycles. The van der Waals surface area contributed by atoms with Crippen molar-refractivity contribution in [3.05, 3.63) is 41.9 Å². The molecule has 15 heteroatoms. The molecule has 3 aromatic rings. The molecule has 38 heavy (non-hydrogen) atoms. The van der Waals surface area contributed by atoms with Gasteiger partial charge in [0.25, 0.3) is 0 Å². The molecule has 200 valence electrons. The van der Waals surface area contributed by atoms with Crippen LogP contribution in [0, 0.1) is 0 Å². The number of halogens is 1. The van der Waals surface area contributed by atoms with Crippen molar-refractivity contribution in [3.63, 3.8) is 0 Å². The number of esters is 3. The number of carbonyl (C=O) groups excluding carboxylic acids is 4. The summed E-state index contributed by atoms with van der Waals surface area (Å²) in [6, 6.07) is 6.07. The van der Waals surface area contributed by atoms with Gasteiger partial charge < -0.3 is 24.3 Å². The summed E-state index contributed by atoms with van der Waals surface area (Å²) in [5, 5.41) is 5.56. The number of para-hydroxylation sites is 1. The second-order valence-corrected chi connectivity index (χ2v) is 8.53. The van der Waals surface area contributed by atoms with Gasteiger partial charge in [0, 0.05) is 20.8 Å². The van der Waals surface area contributed by atoms with Crippen LogP contribution >= 0.6 is 11.6 Å². The highest BCUT2D eigenvalue weighted by Gasteiger charge is 2.51. The van der Waals surface area contributed by atoms with E-state index in [1.165, 1.54) is 38.0 Å². The van der Waals surface area contributed by atoms with E-state index < -0.39 is 48.5 Å². The van der Waals surface area contributed by atoms with Crippen molar-refractivity contribution in [3.8, 4) is 0 Å². The largest absolute Gasteiger partial charge is 0.463 e. The number of aromatic nitrogens is 4. The van der Waals surface area contributed by atoms with E-state index in [-0.39, 0.29) is 23.6 Å². The van der Waals surface area contributed by atoms with Gasteiger partial charge in [0.15, 0.2) is 35.4 Å². The number of hydrogen-bond acceptors (Lipinski definition) is 11. The van der Waals surface area contributed by atoms with Gasteiger partial charge in [-0.2, -0.15) is 0 Å². The minimum Gasteiger partial charge on any atom is -0.463 e. The summed E-state index contributed by atoms with van der Waals surface area (Å²) in [6.07, 6.45) is -1.73. The molecule has 2 aromatic heterocycles. The Hall–Kier alpha value is -4.30. The van der Waals surface area contributed by atoms with Crippen LogP contribution in [-0.2, 0) is 33.3 Å². The van der Waals surface area contributed by atoms with E-state index in [4.69, 9.17) is 30.5 Å². The number of ether oxygens (including phenoxy) is 4. The number of imidazole rings is 1. The summed E-state index contributed by atoms with van der Waals surface area (Å²) >= 11 is 6.09. The first-order chi connectivity index (χ1) is 18.1. The fourth-order valence-corrected chi connectivity index (χ4v) is 4.05. The number of carbonyl (C=O) groups is 4. The fourth-order valence-electron chi connectivity index (χ4n) is 3.87. The Kier molecular flexibility index (Phi) is 8.02. The molecule has 2 N–H and O–H groups in total. The monoisotopic (exact) mass is 546 g/mol. The molecule has 1 fully saturated rings. The lowest BCUT2D eigenvalue weighted by Gasteiger charge is -2.23. The Morgan fingerprint density at radius 2 is 1.68 bits per heavy atom. The minimum absolute atomic E-state index is 0.0772. The number of nitrogens with one attached hydrogen (secondary N) is 2. The minimum atomic E-state index is -1.13. The van der Waals surface area contributed by atoms with Gasteiger partial charge in [0.1, 0.15) is 19.0 Å². The Morgan fingerprint density at radius 3 is 2.37 bits per heavy atom. The maximum atomic E-state index is 12.6. The summed E-state index contributed by atoms with van der Waals surface area (Å²) in [5.41, 5.74) is 0.797. The number of benzene rings is 1. The van der Waals surface area contributed by atoms with E-state index in [1.54, 1.807) is 24.3 Å². The summed E-state index contributed by atoms with van der Waals surface area (Å²) in [7, 11) is 0. The Morgan fingerprint density at radius 1 is 0.974 bits per heavy atom. The predicted molar refractivity (Wildman–Crippen MR) is 131 cm³/mol. The van der Waals surface area contributed by atoms with Crippen LogP contribution in [0.5, 0.6) is 0 Å². The molecule has 4 atom stereocenters. The van der Waals surface area contributed by atoms with Crippen LogP contribution in [0.2, 0.25) is 5.02 Å². The normalized spacial score (nSPS) is 20.5. The van der Waals surface area contributed by atoms with E-state index in [0.717, 1.165) is 0 Å². The molecule has 1 aliphatic heterocycles. The molecule has 0 bridgehead atoms. The van der Waals surface area contributed by atoms with Gasteiger partial charge in [-0.25, -0.2) is 19.7 Å². The number of fused-ring (bicyclic) bond motifs is 1. The molecule has 4 rings (SSSR count). The molecule has 0 unspecified atom stereocenters. The van der Waals surface area contributed by atoms with Gasteiger partial charge in [-0.05, 0) is 12.1 Å². The number of urea groups is 1. The van der Waals surface area contributed by atoms with Gasteiger partial charge in [0.05, 0.1) is 17.0 Å². The van der Waals surface area contributed by atoms with Crippen molar-refractivity contribution in [1.82, 2.24) is 19.5 Å². The molecular formula is C23H23ClN6O8. The van der Waals surface area contributed by atoms with Crippen LogP contribution in [-0.4, -0.2) is 68.4 Å². The molecule has 0 radical (unpaired) electrons. The predicted octanol–water partition coefficient (Wildman–Crippen LogP) is 2.45. The molecule has 0 aliphatic carbocycles. The molecule has 2 amide bonds. The fraction of sp³-hybridized carbons (Fsp3) is 0.348. The van der Waals surface area contributed by atoms with E-state index in [0.29, 0.717) is 10.7 Å². The van der Waals surface area contributed by atoms with Gasteiger partial charge >= 0.3 is 23.9 Å². The van der Waals surface area contributed by atoms with Crippen molar-refractivity contribution in [2.24, 2.45) is 0 Å². The van der Waals surface area contributed by atoms with E-state index >= 15 is 0 Å². The molecule has 1 saturated heterocycles. The van der Waals surface area contributed by atoms with Crippen LogP contribution in [0.1, 0.15) is 27.0 Å². The van der Waals surface area contributed by atoms with Crippen LogP contribution in [0.15, 0.2) is 36.9 Å². The van der Waals surface area contributed by atoms with E-state index in [1.807, 2.05) is 0 Å². The van der Waals surface area contributed by atoms with E-state index in [2.05, 4.69) is 25.6 Å². The first-order valence-corrected chi connectivity index (χ1v) is 11.6. The molecule has 1 aliphatic rings. The van der Waals surface area contributed by atoms with Crippen LogP contribution in [0.25, 0.3) is 11.2 Å². The Labute approximate surface area is 220 Å².